The first-order chi connectivity index (χ1) is 14.6. The summed E-state index contributed by atoms with van der Waals surface area (Å²) in [5.41, 5.74) is 0.0487. The second-order valence-electron chi connectivity index (χ2n) is 11.6. The Balaban J connectivity index is 1.73. The second kappa shape index (κ2) is 7.92. The smallest absolute Gasteiger partial charge is 0.305 e. The third-order valence-corrected chi connectivity index (χ3v) is 10.5. The van der Waals surface area contributed by atoms with Crippen LogP contribution in [-0.4, -0.2) is 17.7 Å². The van der Waals surface area contributed by atoms with Gasteiger partial charge in [-0.3, -0.25) is 9.59 Å². The summed E-state index contributed by atoms with van der Waals surface area (Å²) in [7, 11) is 0. The summed E-state index contributed by atoms with van der Waals surface area (Å²) < 4.78 is 12.1. The largest absolute Gasteiger partial charge is 0.422 e. The predicted octanol–water partition coefficient (Wildman–Crippen LogP) is 6.29. The van der Waals surface area contributed by atoms with Crippen LogP contribution in [0.2, 0.25) is 0 Å². The molecule has 31 heavy (non-hydrogen) atoms. The van der Waals surface area contributed by atoms with Gasteiger partial charge in [-0.2, -0.15) is 0 Å². The lowest BCUT2D eigenvalue weighted by molar-refractivity contribution is -0.323. The van der Waals surface area contributed by atoms with Gasteiger partial charge in [0.2, 0.25) is 0 Å². The summed E-state index contributed by atoms with van der Waals surface area (Å²) >= 11 is 0. The van der Waals surface area contributed by atoms with Crippen molar-refractivity contribution in [2.24, 2.45) is 46.3 Å². The number of ether oxygens (including phenoxy) is 2. The fourth-order valence-electron chi connectivity index (χ4n) is 9.19. The van der Waals surface area contributed by atoms with E-state index in [1.54, 1.807) is 0 Å². The average Bonchev–Trinajstić information content (AvgIpc) is 3.04. The minimum absolute atomic E-state index is 0.311. The highest BCUT2D eigenvalue weighted by molar-refractivity contribution is 5.69. The number of hydrogen-bond acceptors (Lipinski definition) is 4. The van der Waals surface area contributed by atoms with E-state index in [2.05, 4.69) is 33.4 Å². The Hall–Kier alpha value is -1.32. The topological polar surface area (TPSA) is 52.6 Å². The molecule has 4 aliphatic rings. The number of fused-ring (bicyclic) bond motifs is 5. The molecule has 0 radical (unpaired) electrons. The van der Waals surface area contributed by atoms with E-state index in [-0.39, 0.29) is 17.4 Å². The van der Waals surface area contributed by atoms with Gasteiger partial charge in [-0.05, 0) is 92.3 Å². The average molecular weight is 431 g/mol. The van der Waals surface area contributed by atoms with Gasteiger partial charge in [-0.25, -0.2) is 0 Å². The first-order valence-electron chi connectivity index (χ1n) is 12.6. The maximum atomic E-state index is 12.2. The van der Waals surface area contributed by atoms with Crippen LogP contribution in [0.15, 0.2) is 12.7 Å². The molecule has 0 aromatic carbocycles. The quantitative estimate of drug-likeness (QED) is 0.299. The molecule has 0 spiro atoms. The van der Waals surface area contributed by atoms with E-state index in [0.717, 1.165) is 25.7 Å². The van der Waals surface area contributed by atoms with E-state index in [0.29, 0.717) is 47.3 Å². The molecule has 0 unspecified atom stereocenters. The first-order valence-corrected chi connectivity index (χ1v) is 12.6. The molecule has 8 atom stereocenters. The van der Waals surface area contributed by atoms with E-state index in [1.807, 2.05) is 0 Å². The second-order valence-corrected chi connectivity index (χ2v) is 11.6. The van der Waals surface area contributed by atoms with Crippen LogP contribution >= 0.6 is 0 Å². The monoisotopic (exact) mass is 430 g/mol. The molecule has 4 fully saturated rings. The molecule has 4 aliphatic carbocycles. The molecular weight excluding hydrogens is 388 g/mol. The van der Waals surface area contributed by atoms with Crippen molar-refractivity contribution < 1.29 is 19.1 Å². The van der Waals surface area contributed by atoms with Crippen LogP contribution in [0, 0.1) is 46.3 Å². The fraction of sp³-hybridized carbons (Fsp3) is 0.852. The minimum Gasteiger partial charge on any atom is -0.422 e. The number of esters is 2. The van der Waals surface area contributed by atoms with Gasteiger partial charge in [0.05, 0.1) is 5.41 Å². The van der Waals surface area contributed by atoms with E-state index in [4.69, 9.17) is 9.47 Å². The summed E-state index contributed by atoms with van der Waals surface area (Å²) in [5, 5.41) is 0. The predicted molar refractivity (Wildman–Crippen MR) is 121 cm³/mol. The third kappa shape index (κ3) is 3.30. The summed E-state index contributed by atoms with van der Waals surface area (Å²) in [6.45, 7) is 14.2. The lowest BCUT2D eigenvalue weighted by Crippen LogP contribution is -2.66. The van der Waals surface area contributed by atoms with Gasteiger partial charge < -0.3 is 9.47 Å². The van der Waals surface area contributed by atoms with Crippen LogP contribution in [0.25, 0.3) is 0 Å². The molecule has 0 N–H and O–H groups in total. The summed E-state index contributed by atoms with van der Waals surface area (Å²) in [5.74, 6) is 1.65. The molecule has 4 rings (SSSR count). The van der Waals surface area contributed by atoms with Crippen molar-refractivity contribution in [3.8, 4) is 0 Å². The zero-order valence-corrected chi connectivity index (χ0v) is 20.2. The van der Waals surface area contributed by atoms with Crippen molar-refractivity contribution in [3.63, 3.8) is 0 Å². The van der Waals surface area contributed by atoms with Gasteiger partial charge >= 0.3 is 11.9 Å². The molecule has 4 nitrogen and oxygen atoms in total. The van der Waals surface area contributed by atoms with Gasteiger partial charge in [0.15, 0.2) is 0 Å². The lowest BCUT2D eigenvalue weighted by Gasteiger charge is -2.64. The highest BCUT2D eigenvalue weighted by atomic mass is 16.7. The molecule has 4 heteroatoms. The summed E-state index contributed by atoms with van der Waals surface area (Å²) in [6, 6.07) is 0. The van der Waals surface area contributed by atoms with Crippen molar-refractivity contribution in [1.82, 2.24) is 0 Å². The molecule has 0 aromatic rings. The highest BCUT2D eigenvalue weighted by Crippen LogP contribution is 2.70. The molecule has 0 amide bonds. The molecule has 0 saturated heterocycles. The number of allylic oxidation sites excluding steroid dienone is 1. The molecule has 174 valence electrons. The first kappa shape index (κ1) is 22.9. The summed E-state index contributed by atoms with van der Waals surface area (Å²) in [4.78, 5) is 24.5. The van der Waals surface area contributed by atoms with E-state index >= 15 is 0 Å². The maximum Gasteiger partial charge on any atom is 0.305 e. The van der Waals surface area contributed by atoms with Crippen LogP contribution < -0.4 is 0 Å². The Kier molecular flexibility index (Phi) is 5.84. The standard InChI is InChI=1S/C27H42O4/c1-7-17(2)22-12-13-23-21-11-10-20-9-8-15-27(30-18(3)28,31-19(4)29)26(20,6)24(21)14-16-25(22,23)5/h7,17,20-24H,1,8-16H2,2-6H3/t17-,20+,21+,22-,23+,24+,25-,26+/m1/s1. The van der Waals surface area contributed by atoms with Gasteiger partial charge in [-0.1, -0.05) is 26.8 Å². The van der Waals surface area contributed by atoms with E-state index in [1.165, 1.54) is 39.5 Å². The van der Waals surface area contributed by atoms with Gasteiger partial charge in [0.1, 0.15) is 0 Å². The van der Waals surface area contributed by atoms with E-state index in [9.17, 15) is 9.59 Å². The number of hydrogen-bond donors (Lipinski definition) is 0. The molecule has 4 saturated carbocycles. The fourth-order valence-corrected chi connectivity index (χ4v) is 9.19. The Labute approximate surface area is 188 Å². The number of rotatable bonds is 4. The van der Waals surface area contributed by atoms with Crippen molar-refractivity contribution in [1.29, 1.82) is 0 Å². The molecular formula is C27H42O4. The van der Waals surface area contributed by atoms with Crippen molar-refractivity contribution in [3.05, 3.63) is 12.7 Å². The summed E-state index contributed by atoms with van der Waals surface area (Å²) in [6.07, 6.45) is 12.2. The molecule has 0 aliphatic heterocycles. The Morgan fingerprint density at radius 2 is 1.61 bits per heavy atom. The lowest BCUT2D eigenvalue weighted by atomic mass is 9.43. The van der Waals surface area contributed by atoms with Crippen LogP contribution in [-0.2, 0) is 19.1 Å². The normalized spacial score (nSPS) is 44.2. The van der Waals surface area contributed by atoms with Crippen LogP contribution in [0.4, 0.5) is 0 Å². The molecule has 0 bridgehead atoms. The van der Waals surface area contributed by atoms with Crippen LogP contribution in [0.3, 0.4) is 0 Å². The SMILES string of the molecule is C=C[C@@H](C)[C@H]1CC[C@H]2[C@@H]3CC[C@@H]4CCCC(OC(C)=O)(OC(C)=O)[C@]4(C)[C@H]3CC[C@]12C. The number of carbonyl (C=O) groups is 2. The van der Waals surface area contributed by atoms with Gasteiger partial charge in [0.25, 0.3) is 5.79 Å². The third-order valence-electron chi connectivity index (χ3n) is 10.5. The molecule has 0 aromatic heterocycles. The molecule has 0 heterocycles. The van der Waals surface area contributed by atoms with Gasteiger partial charge in [0, 0.05) is 20.3 Å². The number of carbonyl (C=O) groups excluding carboxylic acids is 2. The zero-order valence-electron chi connectivity index (χ0n) is 20.2. The Bertz CT molecular complexity index is 728. The van der Waals surface area contributed by atoms with Crippen molar-refractivity contribution in [2.75, 3.05) is 0 Å². The van der Waals surface area contributed by atoms with Crippen molar-refractivity contribution in [2.45, 2.75) is 98.2 Å². The van der Waals surface area contributed by atoms with Crippen LogP contribution in [0.1, 0.15) is 92.4 Å². The minimum atomic E-state index is -1.11. The Morgan fingerprint density at radius 1 is 0.935 bits per heavy atom. The highest BCUT2D eigenvalue weighted by Gasteiger charge is 2.69. The van der Waals surface area contributed by atoms with Crippen molar-refractivity contribution >= 4 is 11.9 Å². The van der Waals surface area contributed by atoms with E-state index < -0.39 is 5.79 Å². The van der Waals surface area contributed by atoms with Gasteiger partial charge in [-0.15, -0.1) is 6.58 Å². The zero-order chi connectivity index (χ0) is 22.6. The van der Waals surface area contributed by atoms with Crippen LogP contribution in [0.5, 0.6) is 0 Å². The Morgan fingerprint density at radius 3 is 2.23 bits per heavy atom. The maximum absolute atomic E-state index is 12.2.